The molecule has 0 spiro atoms. The van der Waals surface area contributed by atoms with Gasteiger partial charge in [0.1, 0.15) is 11.9 Å². The molecule has 2 amide bonds. The Hall–Kier alpha value is -2.83. The van der Waals surface area contributed by atoms with Gasteiger partial charge >= 0.3 is 0 Å². The topological polar surface area (TPSA) is 76.0 Å². The molecule has 1 atom stereocenters. The van der Waals surface area contributed by atoms with E-state index in [-0.39, 0.29) is 18.2 Å². The SMILES string of the molecule is CCc1nn2c(c1-c1ccc(Cl)cc1)NC(=O)C2CC(=O)Nc1ccccc1Cl. The first kappa shape index (κ1) is 19.5. The van der Waals surface area contributed by atoms with E-state index in [9.17, 15) is 9.59 Å². The van der Waals surface area contributed by atoms with Crippen LogP contribution in [-0.4, -0.2) is 21.6 Å². The average molecular weight is 429 g/mol. The van der Waals surface area contributed by atoms with Gasteiger partial charge in [-0.2, -0.15) is 5.10 Å². The van der Waals surface area contributed by atoms with E-state index in [2.05, 4.69) is 15.7 Å². The molecule has 0 radical (unpaired) electrons. The third kappa shape index (κ3) is 3.73. The molecule has 2 aromatic carbocycles. The summed E-state index contributed by atoms with van der Waals surface area (Å²) in [5.41, 5.74) is 3.12. The molecule has 6 nitrogen and oxygen atoms in total. The van der Waals surface area contributed by atoms with Gasteiger partial charge < -0.3 is 10.6 Å². The Morgan fingerprint density at radius 1 is 1.17 bits per heavy atom. The molecule has 2 heterocycles. The highest BCUT2D eigenvalue weighted by molar-refractivity contribution is 6.33. The van der Waals surface area contributed by atoms with Crippen molar-refractivity contribution >= 4 is 46.5 Å². The standard InChI is InChI=1S/C21H18Cl2N4O2/c1-2-15-19(12-7-9-13(22)10-8-12)20-25-21(29)17(27(20)26-15)11-18(28)24-16-6-4-3-5-14(16)23/h3-10,17H,2,11H2,1H3,(H,24,28)(H,25,29). The van der Waals surface area contributed by atoms with E-state index in [0.29, 0.717) is 28.0 Å². The average Bonchev–Trinajstić information content (AvgIpc) is 3.20. The number of hydrogen-bond donors (Lipinski definition) is 2. The second-order valence-electron chi connectivity index (χ2n) is 6.71. The molecule has 8 heteroatoms. The lowest BCUT2D eigenvalue weighted by Gasteiger charge is -2.11. The summed E-state index contributed by atoms with van der Waals surface area (Å²) in [6.07, 6.45) is 0.640. The molecule has 29 heavy (non-hydrogen) atoms. The Balaban J connectivity index is 1.62. The van der Waals surface area contributed by atoms with E-state index in [1.807, 2.05) is 19.1 Å². The van der Waals surface area contributed by atoms with Crippen molar-refractivity contribution in [2.75, 3.05) is 10.6 Å². The molecule has 0 aliphatic carbocycles. The van der Waals surface area contributed by atoms with Crippen LogP contribution in [-0.2, 0) is 16.0 Å². The predicted molar refractivity (Wildman–Crippen MR) is 114 cm³/mol. The number of nitrogens with zero attached hydrogens (tertiary/aromatic N) is 2. The molecule has 2 N–H and O–H groups in total. The first-order chi connectivity index (χ1) is 14.0. The number of aryl methyl sites for hydroxylation is 1. The first-order valence-corrected chi connectivity index (χ1v) is 9.96. The molecule has 1 aliphatic heterocycles. The van der Waals surface area contributed by atoms with Crippen molar-refractivity contribution in [3.8, 4) is 11.1 Å². The highest BCUT2D eigenvalue weighted by atomic mass is 35.5. The number of para-hydroxylation sites is 1. The summed E-state index contributed by atoms with van der Waals surface area (Å²) in [6, 6.07) is 13.6. The molecule has 0 fully saturated rings. The van der Waals surface area contributed by atoms with Gasteiger partial charge in [-0.05, 0) is 36.2 Å². The van der Waals surface area contributed by atoms with Crippen LogP contribution in [0.15, 0.2) is 48.5 Å². The van der Waals surface area contributed by atoms with Gasteiger partial charge in [0, 0.05) is 10.6 Å². The number of amides is 2. The fraction of sp³-hybridized carbons (Fsp3) is 0.190. The van der Waals surface area contributed by atoms with Crippen molar-refractivity contribution in [2.24, 2.45) is 0 Å². The number of fused-ring (bicyclic) bond motifs is 1. The van der Waals surface area contributed by atoms with Gasteiger partial charge in [-0.3, -0.25) is 9.59 Å². The van der Waals surface area contributed by atoms with Crippen molar-refractivity contribution in [1.29, 1.82) is 0 Å². The Labute approximate surface area is 177 Å². The third-order valence-corrected chi connectivity index (χ3v) is 5.40. The molecule has 1 aromatic heterocycles. The van der Waals surface area contributed by atoms with E-state index in [0.717, 1.165) is 16.8 Å². The molecule has 1 aliphatic rings. The molecule has 0 saturated carbocycles. The first-order valence-electron chi connectivity index (χ1n) is 9.20. The van der Waals surface area contributed by atoms with E-state index < -0.39 is 6.04 Å². The van der Waals surface area contributed by atoms with Crippen LogP contribution in [0, 0.1) is 0 Å². The van der Waals surface area contributed by atoms with Crippen LogP contribution in [0.3, 0.4) is 0 Å². The third-order valence-electron chi connectivity index (χ3n) is 4.82. The van der Waals surface area contributed by atoms with Gasteiger partial charge in [-0.15, -0.1) is 0 Å². The van der Waals surface area contributed by atoms with Gasteiger partial charge in [0.15, 0.2) is 0 Å². The molecular formula is C21H18Cl2N4O2. The van der Waals surface area contributed by atoms with E-state index in [1.54, 1.807) is 41.1 Å². The fourth-order valence-corrected chi connectivity index (χ4v) is 3.73. The lowest BCUT2D eigenvalue weighted by molar-refractivity contribution is -0.123. The Kier molecular flexibility index (Phi) is 5.30. The quantitative estimate of drug-likeness (QED) is 0.603. The van der Waals surface area contributed by atoms with Crippen LogP contribution in [0.5, 0.6) is 0 Å². The van der Waals surface area contributed by atoms with Crippen LogP contribution in [0.25, 0.3) is 11.1 Å². The van der Waals surface area contributed by atoms with Crippen LogP contribution in [0.4, 0.5) is 11.5 Å². The summed E-state index contributed by atoms with van der Waals surface area (Å²) in [5, 5.41) is 11.3. The number of nitrogens with one attached hydrogen (secondary N) is 2. The number of carbonyl (C=O) groups is 2. The second kappa shape index (κ2) is 7.89. The van der Waals surface area contributed by atoms with Gasteiger partial charge in [-0.1, -0.05) is 54.4 Å². The zero-order valence-electron chi connectivity index (χ0n) is 15.6. The molecule has 1 unspecified atom stereocenters. The Bertz CT molecular complexity index is 1090. The van der Waals surface area contributed by atoms with Crippen molar-refractivity contribution in [3.63, 3.8) is 0 Å². The number of aromatic nitrogens is 2. The van der Waals surface area contributed by atoms with Crippen LogP contribution in [0.1, 0.15) is 25.1 Å². The monoisotopic (exact) mass is 428 g/mol. The molecule has 148 valence electrons. The van der Waals surface area contributed by atoms with E-state index >= 15 is 0 Å². The normalized spacial score (nSPS) is 15.1. The second-order valence-corrected chi connectivity index (χ2v) is 7.56. The minimum atomic E-state index is -0.723. The summed E-state index contributed by atoms with van der Waals surface area (Å²) in [7, 11) is 0. The number of rotatable bonds is 5. The summed E-state index contributed by atoms with van der Waals surface area (Å²) < 4.78 is 1.61. The molecule has 4 rings (SSSR count). The molecular weight excluding hydrogens is 411 g/mol. The van der Waals surface area contributed by atoms with Gasteiger partial charge in [0.25, 0.3) is 5.91 Å². The van der Waals surface area contributed by atoms with Crippen molar-refractivity contribution < 1.29 is 9.59 Å². The summed E-state index contributed by atoms with van der Waals surface area (Å²) in [4.78, 5) is 25.1. The number of hydrogen-bond acceptors (Lipinski definition) is 3. The van der Waals surface area contributed by atoms with Crippen molar-refractivity contribution in [1.82, 2.24) is 9.78 Å². The van der Waals surface area contributed by atoms with Gasteiger partial charge in [0.2, 0.25) is 5.91 Å². The van der Waals surface area contributed by atoms with Crippen LogP contribution < -0.4 is 10.6 Å². The number of anilines is 2. The highest BCUT2D eigenvalue weighted by Crippen LogP contribution is 2.39. The smallest absolute Gasteiger partial charge is 0.251 e. The van der Waals surface area contributed by atoms with E-state index in [4.69, 9.17) is 23.2 Å². The maximum Gasteiger partial charge on any atom is 0.251 e. The molecule has 0 bridgehead atoms. The number of carbonyl (C=O) groups excluding carboxylic acids is 2. The Morgan fingerprint density at radius 2 is 1.90 bits per heavy atom. The minimum Gasteiger partial charge on any atom is -0.325 e. The lowest BCUT2D eigenvalue weighted by Crippen LogP contribution is -2.24. The summed E-state index contributed by atoms with van der Waals surface area (Å²) >= 11 is 12.1. The van der Waals surface area contributed by atoms with E-state index in [1.165, 1.54) is 0 Å². The fourth-order valence-electron chi connectivity index (χ4n) is 3.42. The van der Waals surface area contributed by atoms with Crippen molar-refractivity contribution in [2.45, 2.75) is 25.8 Å². The van der Waals surface area contributed by atoms with Crippen molar-refractivity contribution in [3.05, 3.63) is 64.3 Å². The van der Waals surface area contributed by atoms with Crippen LogP contribution >= 0.6 is 23.2 Å². The zero-order valence-corrected chi connectivity index (χ0v) is 17.1. The number of benzene rings is 2. The minimum absolute atomic E-state index is 0.0467. The molecule has 3 aromatic rings. The van der Waals surface area contributed by atoms with Crippen LogP contribution in [0.2, 0.25) is 10.0 Å². The summed E-state index contributed by atoms with van der Waals surface area (Å²) in [6.45, 7) is 2.00. The largest absolute Gasteiger partial charge is 0.325 e. The maximum absolute atomic E-state index is 12.6. The predicted octanol–water partition coefficient (Wildman–Crippen LogP) is 4.94. The van der Waals surface area contributed by atoms with Gasteiger partial charge in [0.05, 0.1) is 22.8 Å². The Morgan fingerprint density at radius 3 is 2.59 bits per heavy atom. The zero-order chi connectivity index (χ0) is 20.5. The maximum atomic E-state index is 12.6. The lowest BCUT2D eigenvalue weighted by atomic mass is 10.0. The number of halogens is 2. The highest BCUT2D eigenvalue weighted by Gasteiger charge is 2.36. The van der Waals surface area contributed by atoms with Gasteiger partial charge in [-0.25, -0.2) is 4.68 Å². The molecule has 0 saturated heterocycles. The summed E-state index contributed by atoms with van der Waals surface area (Å²) in [5.74, 6) is 0.0251.